The first-order valence-electron chi connectivity index (χ1n) is 10.4. The zero-order valence-electron chi connectivity index (χ0n) is 17.4. The first-order chi connectivity index (χ1) is 13.9. The Morgan fingerprint density at radius 2 is 1.66 bits per heavy atom. The second kappa shape index (κ2) is 9.91. The predicted molar refractivity (Wildman–Crippen MR) is 111 cm³/mol. The van der Waals surface area contributed by atoms with Gasteiger partial charge in [-0.05, 0) is 37.1 Å². The van der Waals surface area contributed by atoms with Gasteiger partial charge in [0, 0.05) is 78.1 Å². The fourth-order valence-electron chi connectivity index (χ4n) is 3.98. The average molecular weight is 406 g/mol. The van der Waals surface area contributed by atoms with E-state index in [2.05, 4.69) is 15.1 Å². The van der Waals surface area contributed by atoms with Gasteiger partial charge in [0.05, 0.1) is 0 Å². The molecule has 1 N–H and O–H groups in total. The molecule has 29 heavy (non-hydrogen) atoms. The van der Waals surface area contributed by atoms with Crippen molar-refractivity contribution >= 4 is 17.6 Å². The largest absolute Gasteiger partial charge is 0.369 e. The zero-order chi connectivity index (χ0) is 20.8. The van der Waals surface area contributed by atoms with E-state index in [0.717, 1.165) is 51.3 Å². The van der Waals surface area contributed by atoms with Crippen LogP contribution in [-0.4, -0.2) is 93.1 Å². The van der Waals surface area contributed by atoms with Gasteiger partial charge in [0.25, 0.3) is 0 Å². The molecule has 2 saturated heterocycles. The normalized spacial score (nSPS) is 18.6. The minimum Gasteiger partial charge on any atom is -0.369 e. The highest BCUT2D eigenvalue weighted by atomic mass is 19.1. The molecule has 0 unspecified atom stereocenters. The van der Waals surface area contributed by atoms with E-state index in [4.69, 9.17) is 0 Å². The van der Waals surface area contributed by atoms with Crippen molar-refractivity contribution in [3.8, 4) is 0 Å². The van der Waals surface area contributed by atoms with Crippen molar-refractivity contribution in [3.63, 3.8) is 0 Å². The lowest BCUT2D eigenvalue weighted by Gasteiger charge is -2.36. The average Bonchev–Trinajstić information content (AvgIpc) is 2.74. The maximum absolute atomic E-state index is 13.1. The van der Waals surface area contributed by atoms with Gasteiger partial charge in [-0.3, -0.25) is 9.69 Å². The van der Waals surface area contributed by atoms with Crippen LogP contribution >= 0.6 is 0 Å². The van der Waals surface area contributed by atoms with E-state index in [9.17, 15) is 14.0 Å². The minimum absolute atomic E-state index is 0.00321. The standard InChI is InChI=1S/C21H32FN5O2/c1-24(2)21(29)27-10-7-17(8-11-27)20(28)23-9-12-25-13-15-26(16-14-25)19-5-3-18(22)4-6-19/h3-6,17H,7-16H2,1-2H3,(H,23,28). The number of rotatable bonds is 5. The summed E-state index contributed by atoms with van der Waals surface area (Å²) in [5, 5.41) is 3.07. The summed E-state index contributed by atoms with van der Waals surface area (Å²) in [5.74, 6) is -0.110. The number of nitrogens with one attached hydrogen (secondary N) is 1. The molecule has 2 aliphatic rings. The van der Waals surface area contributed by atoms with Crippen molar-refractivity contribution in [1.29, 1.82) is 0 Å². The van der Waals surface area contributed by atoms with Crippen molar-refractivity contribution in [1.82, 2.24) is 20.0 Å². The molecular weight excluding hydrogens is 373 g/mol. The minimum atomic E-state index is -0.210. The molecule has 0 spiro atoms. The number of carbonyl (C=O) groups excluding carboxylic acids is 2. The van der Waals surface area contributed by atoms with Crippen molar-refractivity contribution in [2.45, 2.75) is 12.8 Å². The molecule has 2 heterocycles. The summed E-state index contributed by atoms with van der Waals surface area (Å²) in [6.45, 7) is 6.42. The number of hydrogen-bond acceptors (Lipinski definition) is 4. The van der Waals surface area contributed by atoms with Gasteiger partial charge in [-0.2, -0.15) is 0 Å². The lowest BCUT2D eigenvalue weighted by atomic mass is 9.96. The van der Waals surface area contributed by atoms with Crippen LogP contribution in [0.1, 0.15) is 12.8 Å². The van der Waals surface area contributed by atoms with Gasteiger partial charge in [0.2, 0.25) is 5.91 Å². The van der Waals surface area contributed by atoms with Crippen LogP contribution in [-0.2, 0) is 4.79 Å². The summed E-state index contributed by atoms with van der Waals surface area (Å²) in [6.07, 6.45) is 1.45. The second-order valence-corrected chi connectivity index (χ2v) is 8.03. The fourth-order valence-corrected chi connectivity index (χ4v) is 3.98. The Balaban J connectivity index is 1.32. The maximum atomic E-state index is 13.1. The quantitative estimate of drug-likeness (QED) is 0.806. The molecule has 0 radical (unpaired) electrons. The van der Waals surface area contributed by atoms with Gasteiger partial charge >= 0.3 is 6.03 Å². The zero-order valence-corrected chi connectivity index (χ0v) is 17.4. The summed E-state index contributed by atoms with van der Waals surface area (Å²) in [5.41, 5.74) is 1.05. The molecule has 1 aromatic carbocycles. The first-order valence-corrected chi connectivity index (χ1v) is 10.4. The molecular formula is C21H32FN5O2. The van der Waals surface area contributed by atoms with Gasteiger partial charge in [-0.1, -0.05) is 0 Å². The molecule has 0 bridgehead atoms. The number of urea groups is 1. The van der Waals surface area contributed by atoms with E-state index in [1.165, 1.54) is 12.1 Å². The Bertz CT molecular complexity index is 681. The Morgan fingerprint density at radius 1 is 1.03 bits per heavy atom. The van der Waals surface area contributed by atoms with Crippen LogP contribution in [0.25, 0.3) is 0 Å². The van der Waals surface area contributed by atoms with Crippen LogP contribution in [0.3, 0.4) is 0 Å². The molecule has 1 aromatic rings. The second-order valence-electron chi connectivity index (χ2n) is 8.03. The van der Waals surface area contributed by atoms with Crippen LogP contribution < -0.4 is 10.2 Å². The molecule has 3 amide bonds. The molecule has 3 rings (SSSR count). The third-order valence-corrected chi connectivity index (χ3v) is 5.81. The maximum Gasteiger partial charge on any atom is 0.319 e. The van der Waals surface area contributed by atoms with Gasteiger partial charge in [0.1, 0.15) is 5.82 Å². The summed E-state index contributed by atoms with van der Waals surface area (Å²) >= 11 is 0. The molecule has 0 aliphatic carbocycles. The van der Waals surface area contributed by atoms with Crippen molar-refractivity contribution < 1.29 is 14.0 Å². The number of amides is 3. The summed E-state index contributed by atoms with van der Waals surface area (Å²) in [4.78, 5) is 32.4. The number of piperazine rings is 1. The van der Waals surface area contributed by atoms with Crippen LogP contribution in [0, 0.1) is 11.7 Å². The van der Waals surface area contributed by atoms with Gasteiger partial charge in [-0.15, -0.1) is 0 Å². The Morgan fingerprint density at radius 3 is 2.24 bits per heavy atom. The van der Waals surface area contributed by atoms with E-state index >= 15 is 0 Å². The molecule has 0 aromatic heterocycles. The fraction of sp³-hybridized carbons (Fsp3) is 0.619. The lowest BCUT2D eigenvalue weighted by molar-refractivity contribution is -0.126. The third-order valence-electron chi connectivity index (χ3n) is 5.81. The van der Waals surface area contributed by atoms with E-state index in [-0.39, 0.29) is 23.7 Å². The SMILES string of the molecule is CN(C)C(=O)N1CCC(C(=O)NCCN2CCN(c3ccc(F)cc3)CC2)CC1. The third kappa shape index (κ3) is 5.82. The summed E-state index contributed by atoms with van der Waals surface area (Å²) in [6, 6.07) is 6.66. The van der Waals surface area contributed by atoms with Crippen LogP contribution in [0.4, 0.5) is 14.9 Å². The number of halogens is 1. The van der Waals surface area contributed by atoms with Crippen molar-refractivity contribution in [3.05, 3.63) is 30.1 Å². The Kier molecular flexibility index (Phi) is 7.30. The van der Waals surface area contributed by atoms with Crippen molar-refractivity contribution in [2.24, 2.45) is 5.92 Å². The van der Waals surface area contributed by atoms with E-state index in [1.54, 1.807) is 19.0 Å². The first kappa shape index (κ1) is 21.4. The Hall–Kier alpha value is -2.35. The number of piperidine rings is 1. The number of nitrogens with zero attached hydrogens (tertiary/aromatic N) is 4. The molecule has 0 atom stereocenters. The highest BCUT2D eigenvalue weighted by Crippen LogP contribution is 2.19. The molecule has 0 saturated carbocycles. The predicted octanol–water partition coefficient (Wildman–Crippen LogP) is 1.46. The monoisotopic (exact) mass is 405 g/mol. The molecule has 160 valence electrons. The molecule has 2 fully saturated rings. The number of carbonyl (C=O) groups is 2. The van der Waals surface area contributed by atoms with Crippen molar-refractivity contribution in [2.75, 3.05) is 71.4 Å². The Labute approximate surface area is 172 Å². The topological polar surface area (TPSA) is 59.1 Å². The number of benzene rings is 1. The van der Waals surface area contributed by atoms with E-state index in [0.29, 0.717) is 19.6 Å². The van der Waals surface area contributed by atoms with E-state index in [1.807, 2.05) is 17.0 Å². The summed E-state index contributed by atoms with van der Waals surface area (Å²) < 4.78 is 13.1. The number of likely N-dealkylation sites (tertiary alicyclic amines) is 1. The highest BCUT2D eigenvalue weighted by Gasteiger charge is 2.28. The molecule has 2 aliphatic heterocycles. The van der Waals surface area contributed by atoms with Crippen LogP contribution in [0.15, 0.2) is 24.3 Å². The van der Waals surface area contributed by atoms with Crippen LogP contribution in [0.5, 0.6) is 0 Å². The summed E-state index contributed by atoms with van der Waals surface area (Å²) in [7, 11) is 3.50. The molecule has 8 heteroatoms. The number of anilines is 1. The molecule has 7 nitrogen and oxygen atoms in total. The smallest absolute Gasteiger partial charge is 0.319 e. The highest BCUT2D eigenvalue weighted by molar-refractivity contribution is 5.79. The van der Waals surface area contributed by atoms with Crippen LogP contribution in [0.2, 0.25) is 0 Å². The van der Waals surface area contributed by atoms with Gasteiger partial charge in [0.15, 0.2) is 0 Å². The number of hydrogen-bond donors (Lipinski definition) is 1. The van der Waals surface area contributed by atoms with E-state index < -0.39 is 0 Å². The van der Waals surface area contributed by atoms with Gasteiger partial charge in [-0.25, -0.2) is 9.18 Å². The van der Waals surface area contributed by atoms with Gasteiger partial charge < -0.3 is 20.0 Å². The lowest BCUT2D eigenvalue weighted by Crippen LogP contribution is -2.49.